The van der Waals surface area contributed by atoms with Crippen LogP contribution in [0.5, 0.6) is 0 Å². The Morgan fingerprint density at radius 2 is 2.00 bits per heavy atom. The molecule has 0 bridgehead atoms. The molecule has 0 saturated heterocycles. The number of anilines is 1. The van der Waals surface area contributed by atoms with Gasteiger partial charge in [0.15, 0.2) is 0 Å². The minimum absolute atomic E-state index is 0.250. The Morgan fingerprint density at radius 1 is 1.30 bits per heavy atom. The van der Waals surface area contributed by atoms with Crippen molar-refractivity contribution in [1.29, 1.82) is 5.26 Å². The quantitative estimate of drug-likeness (QED) is 0.595. The molecule has 120 valence electrons. The summed E-state index contributed by atoms with van der Waals surface area (Å²) in [7, 11) is 0. The van der Waals surface area contributed by atoms with Crippen LogP contribution in [0, 0.1) is 16.7 Å². The molecule has 3 heteroatoms. The molecule has 0 saturated carbocycles. The lowest BCUT2D eigenvalue weighted by atomic mass is 9.72. The first-order valence-electron chi connectivity index (χ1n) is 8.11. The van der Waals surface area contributed by atoms with Crippen molar-refractivity contribution >= 4 is 11.4 Å². The first-order chi connectivity index (χ1) is 10.9. The molecular weight excluding hydrogens is 282 g/mol. The average molecular weight is 307 g/mol. The molecule has 1 aromatic carbocycles. The van der Waals surface area contributed by atoms with Gasteiger partial charge in [-0.1, -0.05) is 25.5 Å². The Labute approximate surface area is 139 Å². The molecule has 1 aliphatic carbocycles. The lowest BCUT2D eigenvalue weighted by Gasteiger charge is -2.32. The van der Waals surface area contributed by atoms with Crippen molar-refractivity contribution in [2.45, 2.75) is 47.0 Å². The monoisotopic (exact) mass is 307 g/mol. The van der Waals surface area contributed by atoms with E-state index in [2.05, 4.69) is 49.5 Å². The van der Waals surface area contributed by atoms with E-state index < -0.39 is 0 Å². The summed E-state index contributed by atoms with van der Waals surface area (Å²) in [6.45, 7) is 8.86. The minimum atomic E-state index is 0.250. The van der Waals surface area contributed by atoms with Crippen LogP contribution in [-0.4, -0.2) is 5.71 Å². The molecule has 0 unspecified atom stereocenters. The topological polar surface area (TPSA) is 48.2 Å². The van der Waals surface area contributed by atoms with E-state index in [-0.39, 0.29) is 5.41 Å². The van der Waals surface area contributed by atoms with Crippen LogP contribution in [0.15, 0.2) is 52.7 Å². The zero-order chi connectivity index (χ0) is 16.9. The number of hydrazone groups is 1. The Bertz CT molecular complexity index is 683. The second-order valence-electron chi connectivity index (χ2n) is 6.82. The summed E-state index contributed by atoms with van der Waals surface area (Å²) in [5, 5.41) is 13.2. The number of nitriles is 1. The van der Waals surface area contributed by atoms with Crippen molar-refractivity contribution in [3.8, 4) is 6.07 Å². The van der Waals surface area contributed by atoms with Gasteiger partial charge in [-0.15, -0.1) is 0 Å². The molecule has 0 radical (unpaired) electrons. The van der Waals surface area contributed by atoms with Gasteiger partial charge < -0.3 is 0 Å². The predicted molar refractivity (Wildman–Crippen MR) is 97.4 cm³/mol. The van der Waals surface area contributed by atoms with Crippen LogP contribution in [0.25, 0.3) is 0 Å². The van der Waals surface area contributed by atoms with Gasteiger partial charge in [0.2, 0.25) is 0 Å². The maximum Gasteiger partial charge on any atom is 0.0991 e. The number of hydrogen-bond donors (Lipinski definition) is 1. The Hall–Kier alpha value is -2.34. The van der Waals surface area contributed by atoms with E-state index in [0.717, 1.165) is 11.4 Å². The van der Waals surface area contributed by atoms with E-state index in [1.807, 2.05) is 19.1 Å². The Morgan fingerprint density at radius 3 is 2.61 bits per heavy atom. The minimum Gasteiger partial charge on any atom is -0.278 e. The molecule has 0 heterocycles. The molecule has 0 amide bonds. The fraction of sp³-hybridized carbons (Fsp3) is 0.400. The van der Waals surface area contributed by atoms with Crippen LogP contribution < -0.4 is 5.43 Å². The summed E-state index contributed by atoms with van der Waals surface area (Å²) in [4.78, 5) is 0. The molecule has 0 aliphatic heterocycles. The molecule has 0 atom stereocenters. The van der Waals surface area contributed by atoms with Crippen molar-refractivity contribution < 1.29 is 0 Å². The molecule has 1 N–H and O–H groups in total. The van der Waals surface area contributed by atoms with Crippen LogP contribution in [-0.2, 0) is 0 Å². The van der Waals surface area contributed by atoms with Crippen molar-refractivity contribution in [3.05, 3.63) is 53.1 Å². The van der Waals surface area contributed by atoms with Crippen LogP contribution in [0.4, 0.5) is 5.69 Å². The molecular formula is C20H25N3. The predicted octanol–water partition coefficient (Wildman–Crippen LogP) is 5.43. The summed E-state index contributed by atoms with van der Waals surface area (Å²) in [6, 6.07) is 9.38. The standard InChI is InChI=1S/C20H25N3/c1-15-6-5-13-20(3,4)19(15)12-7-16(2)22-23-18-10-8-17(14-21)9-11-18/h7-12,23H,5-6,13H2,1-4H3/b12-7+,22-16+. The maximum absolute atomic E-state index is 8.79. The summed E-state index contributed by atoms with van der Waals surface area (Å²) in [5.74, 6) is 0. The van der Waals surface area contributed by atoms with Crippen LogP contribution >= 0.6 is 0 Å². The smallest absolute Gasteiger partial charge is 0.0991 e. The normalized spacial score (nSPS) is 18.1. The van der Waals surface area contributed by atoms with E-state index in [9.17, 15) is 0 Å². The number of hydrogen-bond acceptors (Lipinski definition) is 3. The van der Waals surface area contributed by atoms with Gasteiger partial charge in [0.05, 0.1) is 23.0 Å². The number of nitrogens with one attached hydrogen (secondary N) is 1. The van der Waals surface area contributed by atoms with E-state index >= 15 is 0 Å². The largest absolute Gasteiger partial charge is 0.278 e. The van der Waals surface area contributed by atoms with Crippen molar-refractivity contribution in [1.82, 2.24) is 0 Å². The van der Waals surface area contributed by atoms with Crippen molar-refractivity contribution in [2.24, 2.45) is 10.5 Å². The van der Waals surface area contributed by atoms with Crippen LogP contribution in [0.2, 0.25) is 0 Å². The van der Waals surface area contributed by atoms with Gasteiger partial charge in [-0.05, 0) is 74.4 Å². The third-order valence-corrected chi connectivity index (χ3v) is 4.41. The Kier molecular flexibility index (Phi) is 5.39. The summed E-state index contributed by atoms with van der Waals surface area (Å²) in [5.41, 5.74) is 8.67. The van der Waals surface area contributed by atoms with Crippen molar-refractivity contribution in [2.75, 3.05) is 5.43 Å². The number of rotatable bonds is 4. The lowest BCUT2D eigenvalue weighted by Crippen LogP contribution is -2.19. The second kappa shape index (κ2) is 7.28. The number of allylic oxidation sites excluding steroid dienone is 4. The highest BCUT2D eigenvalue weighted by atomic mass is 15.3. The molecule has 23 heavy (non-hydrogen) atoms. The fourth-order valence-corrected chi connectivity index (χ4v) is 3.02. The van der Waals surface area contributed by atoms with E-state index in [4.69, 9.17) is 5.26 Å². The lowest BCUT2D eigenvalue weighted by molar-refractivity contribution is 0.377. The highest BCUT2D eigenvalue weighted by Gasteiger charge is 2.26. The van der Waals surface area contributed by atoms with Gasteiger partial charge in [-0.2, -0.15) is 10.4 Å². The average Bonchev–Trinajstić information content (AvgIpc) is 2.52. The molecule has 2 rings (SSSR count). The number of nitrogens with zero attached hydrogens (tertiary/aromatic N) is 2. The molecule has 1 aromatic rings. The van der Waals surface area contributed by atoms with Gasteiger partial charge in [-0.3, -0.25) is 5.43 Å². The summed E-state index contributed by atoms with van der Waals surface area (Å²) < 4.78 is 0. The second-order valence-corrected chi connectivity index (χ2v) is 6.82. The molecule has 1 aliphatic rings. The maximum atomic E-state index is 8.79. The molecule has 0 aromatic heterocycles. The van der Waals surface area contributed by atoms with E-state index in [1.54, 1.807) is 12.1 Å². The third kappa shape index (κ3) is 4.56. The fourth-order valence-electron chi connectivity index (χ4n) is 3.02. The zero-order valence-electron chi connectivity index (χ0n) is 14.5. The van der Waals surface area contributed by atoms with E-state index in [1.165, 1.54) is 30.4 Å². The zero-order valence-corrected chi connectivity index (χ0v) is 14.5. The van der Waals surface area contributed by atoms with Crippen LogP contribution in [0.1, 0.15) is 52.5 Å². The Balaban J connectivity index is 2.05. The van der Waals surface area contributed by atoms with Gasteiger partial charge in [-0.25, -0.2) is 0 Å². The number of benzene rings is 1. The first kappa shape index (κ1) is 17.0. The van der Waals surface area contributed by atoms with Crippen molar-refractivity contribution in [3.63, 3.8) is 0 Å². The van der Waals surface area contributed by atoms with Gasteiger partial charge in [0, 0.05) is 0 Å². The highest BCUT2D eigenvalue weighted by Crippen LogP contribution is 2.40. The first-order valence-corrected chi connectivity index (χ1v) is 8.11. The molecule has 0 fully saturated rings. The van der Waals surface area contributed by atoms with Gasteiger partial charge in [0.1, 0.15) is 0 Å². The van der Waals surface area contributed by atoms with Crippen LogP contribution in [0.3, 0.4) is 0 Å². The summed E-state index contributed by atoms with van der Waals surface area (Å²) >= 11 is 0. The highest BCUT2D eigenvalue weighted by molar-refractivity contribution is 5.93. The molecule has 0 spiro atoms. The van der Waals surface area contributed by atoms with Gasteiger partial charge >= 0.3 is 0 Å². The summed E-state index contributed by atoms with van der Waals surface area (Å²) in [6.07, 6.45) is 8.01. The van der Waals surface area contributed by atoms with E-state index in [0.29, 0.717) is 5.56 Å². The SMILES string of the molecule is CC1=C(/C=C/C(C)=N/Nc2ccc(C#N)cc2)C(C)(C)CCC1. The van der Waals surface area contributed by atoms with Gasteiger partial charge in [0.25, 0.3) is 0 Å². The third-order valence-electron chi connectivity index (χ3n) is 4.41. The molecule has 3 nitrogen and oxygen atoms in total.